The maximum Gasteiger partial charge on any atom is 0.410 e. The van der Waals surface area contributed by atoms with Crippen molar-refractivity contribution in [1.82, 2.24) is 9.80 Å². The van der Waals surface area contributed by atoms with E-state index in [1.54, 1.807) is 24.1 Å². The van der Waals surface area contributed by atoms with Crippen molar-refractivity contribution in [3.05, 3.63) is 27.8 Å². The molecule has 0 bridgehead atoms. The molecule has 0 N–H and O–H groups in total. The maximum absolute atomic E-state index is 12.7. The number of carbonyl (C=O) groups excluding carboxylic acids is 1. The zero-order valence-corrected chi connectivity index (χ0v) is 19.7. The molecule has 2 atom stereocenters. The van der Waals surface area contributed by atoms with Gasteiger partial charge in [0, 0.05) is 50.9 Å². The summed E-state index contributed by atoms with van der Waals surface area (Å²) in [4.78, 5) is 30.4. The van der Waals surface area contributed by atoms with E-state index >= 15 is 0 Å². The molecule has 2 heterocycles. The third-order valence-electron chi connectivity index (χ3n) is 6.56. The van der Waals surface area contributed by atoms with Crippen LogP contribution in [-0.2, 0) is 4.74 Å². The lowest BCUT2D eigenvalue weighted by Crippen LogP contribution is -2.57. The van der Waals surface area contributed by atoms with Crippen molar-refractivity contribution in [3.63, 3.8) is 0 Å². The van der Waals surface area contributed by atoms with Crippen LogP contribution in [0, 0.1) is 17.0 Å². The number of nitro groups is 1. The summed E-state index contributed by atoms with van der Waals surface area (Å²) in [6, 6.07) is 3.37. The van der Waals surface area contributed by atoms with Gasteiger partial charge in [-0.1, -0.05) is 0 Å². The Hall–Kier alpha value is -2.55. The van der Waals surface area contributed by atoms with E-state index in [0.717, 1.165) is 43.7 Å². The molecule has 3 aliphatic rings. The molecule has 0 spiro atoms. The first-order chi connectivity index (χ1) is 15.0. The van der Waals surface area contributed by atoms with Gasteiger partial charge in [0.2, 0.25) is 0 Å². The largest absolute Gasteiger partial charge is 0.490 e. The van der Waals surface area contributed by atoms with Crippen LogP contribution in [0.3, 0.4) is 0 Å². The normalized spacial score (nSPS) is 23.6. The minimum atomic E-state index is -0.554. The average Bonchev–Trinajstić information content (AvgIpc) is 3.43. The second-order valence-electron chi connectivity index (χ2n) is 10.1. The van der Waals surface area contributed by atoms with Crippen LogP contribution in [0.1, 0.15) is 45.6 Å². The molecule has 176 valence electrons. The summed E-state index contributed by atoms with van der Waals surface area (Å²) in [5.41, 5.74) is 1.00. The lowest BCUT2D eigenvalue weighted by molar-refractivity contribution is -0.384. The molecule has 1 aromatic carbocycles. The van der Waals surface area contributed by atoms with Gasteiger partial charge in [-0.3, -0.25) is 15.0 Å². The summed E-state index contributed by atoms with van der Waals surface area (Å²) >= 11 is 0. The third kappa shape index (κ3) is 4.62. The predicted octanol–water partition coefficient (Wildman–Crippen LogP) is 3.57. The number of fused-ring (bicyclic) bond motifs is 1. The number of benzene rings is 1. The molecule has 2 saturated heterocycles. The van der Waals surface area contributed by atoms with Crippen LogP contribution in [0.5, 0.6) is 5.75 Å². The number of nitrogens with zero attached hydrogens (tertiary/aromatic N) is 4. The van der Waals surface area contributed by atoms with Crippen molar-refractivity contribution in [3.8, 4) is 5.75 Å². The van der Waals surface area contributed by atoms with Crippen LogP contribution in [0.25, 0.3) is 0 Å². The number of piperazine rings is 1. The molecule has 1 amide bonds. The Balaban J connectivity index is 1.57. The Morgan fingerprint density at radius 3 is 2.53 bits per heavy atom. The van der Waals surface area contributed by atoms with Crippen LogP contribution in [0.4, 0.5) is 16.2 Å². The summed E-state index contributed by atoms with van der Waals surface area (Å²) in [6.45, 7) is 10.5. The van der Waals surface area contributed by atoms with Gasteiger partial charge >= 0.3 is 6.09 Å². The fourth-order valence-electron chi connectivity index (χ4n) is 4.81. The number of hydrogen-bond donors (Lipinski definition) is 0. The van der Waals surface area contributed by atoms with Gasteiger partial charge in [0.25, 0.3) is 5.69 Å². The number of anilines is 1. The Bertz CT molecular complexity index is 895. The second-order valence-corrected chi connectivity index (χ2v) is 10.1. The number of hydrogen-bond acceptors (Lipinski definition) is 7. The molecule has 2 aliphatic heterocycles. The van der Waals surface area contributed by atoms with Gasteiger partial charge in [0.1, 0.15) is 17.0 Å². The average molecular weight is 447 g/mol. The highest BCUT2D eigenvalue weighted by Crippen LogP contribution is 2.41. The zero-order valence-electron chi connectivity index (χ0n) is 19.7. The van der Waals surface area contributed by atoms with Gasteiger partial charge in [-0.05, 0) is 53.0 Å². The fourth-order valence-corrected chi connectivity index (χ4v) is 4.81. The molecule has 1 saturated carbocycles. The number of nitro benzene ring substituents is 1. The highest BCUT2D eigenvalue weighted by Gasteiger charge is 2.43. The first kappa shape index (κ1) is 22.6. The molecular formula is C23H34N4O5. The van der Waals surface area contributed by atoms with Gasteiger partial charge in [-0.2, -0.15) is 0 Å². The highest BCUT2D eigenvalue weighted by molar-refractivity contribution is 5.72. The molecule has 0 aromatic heterocycles. The van der Waals surface area contributed by atoms with E-state index < -0.39 is 5.60 Å². The van der Waals surface area contributed by atoms with Gasteiger partial charge in [-0.15, -0.1) is 0 Å². The smallest absolute Gasteiger partial charge is 0.410 e. The number of likely N-dealkylation sites (N-methyl/N-ethyl adjacent to an activating group) is 1. The molecule has 32 heavy (non-hydrogen) atoms. The molecule has 4 rings (SSSR count). The standard InChI is InChI=1S/C23H34N4O5/c1-15-20(31-16-6-7-16)9-8-18(27(29)30)21(15)26-13-12-25-11-10-17(19(25)14-26)24(5)22(28)32-23(2,3)4/h8-9,16-17,19H,6-7,10-14H2,1-5H3/t17-,19+/m1/s1. The number of rotatable bonds is 5. The molecule has 1 aliphatic carbocycles. The number of ether oxygens (including phenoxy) is 2. The van der Waals surface area contributed by atoms with E-state index in [1.165, 1.54) is 0 Å². The molecular weight excluding hydrogens is 412 g/mol. The van der Waals surface area contributed by atoms with Gasteiger partial charge in [0.15, 0.2) is 0 Å². The predicted molar refractivity (Wildman–Crippen MR) is 121 cm³/mol. The Labute approximate surface area is 189 Å². The van der Waals surface area contributed by atoms with Gasteiger partial charge in [0.05, 0.1) is 17.1 Å². The molecule has 3 fully saturated rings. The monoisotopic (exact) mass is 446 g/mol. The second kappa shape index (κ2) is 8.42. The Morgan fingerprint density at radius 2 is 1.91 bits per heavy atom. The minimum Gasteiger partial charge on any atom is -0.490 e. The van der Waals surface area contributed by atoms with Crippen molar-refractivity contribution in [2.45, 2.75) is 70.7 Å². The lowest BCUT2D eigenvalue weighted by atomic mass is 10.0. The summed E-state index contributed by atoms with van der Waals surface area (Å²) < 4.78 is 11.6. The van der Waals surface area contributed by atoms with Crippen LogP contribution in [-0.4, -0.2) is 77.8 Å². The first-order valence-corrected chi connectivity index (χ1v) is 11.4. The molecule has 9 nitrogen and oxygen atoms in total. The summed E-state index contributed by atoms with van der Waals surface area (Å²) in [6.07, 6.45) is 2.82. The zero-order chi connectivity index (χ0) is 23.2. The Kier molecular flexibility index (Phi) is 5.96. The van der Waals surface area contributed by atoms with Crippen LogP contribution in [0.2, 0.25) is 0 Å². The fraction of sp³-hybridized carbons (Fsp3) is 0.696. The van der Waals surface area contributed by atoms with E-state index in [4.69, 9.17) is 9.47 Å². The summed E-state index contributed by atoms with van der Waals surface area (Å²) in [5, 5.41) is 11.8. The van der Waals surface area contributed by atoms with Crippen molar-refractivity contribution < 1.29 is 19.2 Å². The van der Waals surface area contributed by atoms with E-state index in [2.05, 4.69) is 9.80 Å². The maximum atomic E-state index is 12.7. The van der Waals surface area contributed by atoms with Crippen molar-refractivity contribution in [1.29, 1.82) is 0 Å². The minimum absolute atomic E-state index is 0.00194. The van der Waals surface area contributed by atoms with E-state index in [0.29, 0.717) is 18.8 Å². The van der Waals surface area contributed by atoms with E-state index in [9.17, 15) is 14.9 Å². The van der Waals surface area contributed by atoms with Crippen LogP contribution in [0.15, 0.2) is 12.1 Å². The Morgan fingerprint density at radius 1 is 1.19 bits per heavy atom. The molecule has 0 radical (unpaired) electrons. The lowest BCUT2D eigenvalue weighted by Gasteiger charge is -2.42. The van der Waals surface area contributed by atoms with E-state index in [-0.39, 0.29) is 34.9 Å². The van der Waals surface area contributed by atoms with Crippen molar-refractivity contribution in [2.24, 2.45) is 0 Å². The van der Waals surface area contributed by atoms with Crippen LogP contribution >= 0.6 is 0 Å². The number of carbonyl (C=O) groups is 1. The summed E-state index contributed by atoms with van der Waals surface area (Å²) in [5.74, 6) is 0.726. The topological polar surface area (TPSA) is 88.4 Å². The van der Waals surface area contributed by atoms with Crippen LogP contribution < -0.4 is 9.64 Å². The van der Waals surface area contributed by atoms with E-state index in [1.807, 2.05) is 27.7 Å². The SMILES string of the molecule is Cc1c(OC2CC2)ccc([N+](=O)[O-])c1N1CCN2CC[C@@H](N(C)C(=O)OC(C)(C)C)[C@@H]2C1. The van der Waals surface area contributed by atoms with Crippen molar-refractivity contribution >= 4 is 17.5 Å². The molecule has 0 unspecified atom stereocenters. The quantitative estimate of drug-likeness (QED) is 0.505. The summed E-state index contributed by atoms with van der Waals surface area (Å²) in [7, 11) is 1.79. The highest BCUT2D eigenvalue weighted by atomic mass is 16.6. The molecule has 9 heteroatoms. The third-order valence-corrected chi connectivity index (χ3v) is 6.56. The molecule has 1 aromatic rings. The van der Waals surface area contributed by atoms with Gasteiger partial charge in [-0.25, -0.2) is 4.79 Å². The first-order valence-electron chi connectivity index (χ1n) is 11.4. The van der Waals surface area contributed by atoms with Crippen molar-refractivity contribution in [2.75, 3.05) is 38.1 Å². The van der Waals surface area contributed by atoms with Gasteiger partial charge < -0.3 is 19.3 Å². The number of amides is 1.